The van der Waals surface area contributed by atoms with E-state index in [4.69, 9.17) is 4.74 Å². The summed E-state index contributed by atoms with van der Waals surface area (Å²) in [5.41, 5.74) is 2.05. The summed E-state index contributed by atoms with van der Waals surface area (Å²) in [4.78, 5) is 4.43. The standard InChI is InChI=1S/C14H12INO/c1-17-13-8-6-12(7-9-13)16-10-11-4-2-3-5-14(11)15/h2-10H,1H3. The van der Waals surface area contributed by atoms with Crippen LogP contribution in [0.25, 0.3) is 0 Å². The van der Waals surface area contributed by atoms with Crippen molar-refractivity contribution in [2.45, 2.75) is 0 Å². The average molecular weight is 337 g/mol. The van der Waals surface area contributed by atoms with Crippen molar-refractivity contribution >= 4 is 34.5 Å². The van der Waals surface area contributed by atoms with Crippen LogP contribution in [0.15, 0.2) is 53.5 Å². The van der Waals surface area contributed by atoms with Crippen LogP contribution in [-0.2, 0) is 0 Å². The van der Waals surface area contributed by atoms with Crippen molar-refractivity contribution in [2.75, 3.05) is 7.11 Å². The third kappa shape index (κ3) is 3.30. The Morgan fingerprint density at radius 3 is 2.41 bits per heavy atom. The number of hydrogen-bond donors (Lipinski definition) is 0. The number of nitrogens with zero attached hydrogens (tertiary/aromatic N) is 1. The van der Waals surface area contributed by atoms with Crippen molar-refractivity contribution < 1.29 is 4.74 Å². The minimum atomic E-state index is 0.846. The topological polar surface area (TPSA) is 21.6 Å². The van der Waals surface area contributed by atoms with E-state index in [0.29, 0.717) is 0 Å². The van der Waals surface area contributed by atoms with Crippen LogP contribution >= 0.6 is 22.6 Å². The van der Waals surface area contributed by atoms with Crippen LogP contribution < -0.4 is 4.74 Å². The van der Waals surface area contributed by atoms with Crippen molar-refractivity contribution in [3.05, 3.63) is 57.7 Å². The third-order valence-corrected chi connectivity index (χ3v) is 3.31. The summed E-state index contributed by atoms with van der Waals surface area (Å²) >= 11 is 2.30. The normalized spacial score (nSPS) is 10.7. The predicted octanol–water partition coefficient (Wildman–Crippen LogP) is 4.05. The van der Waals surface area contributed by atoms with E-state index in [2.05, 4.69) is 39.7 Å². The first-order chi connectivity index (χ1) is 8.29. The maximum absolute atomic E-state index is 5.10. The molecule has 0 saturated heterocycles. The van der Waals surface area contributed by atoms with Crippen LogP contribution in [0.3, 0.4) is 0 Å². The first kappa shape index (κ1) is 12.1. The highest BCUT2D eigenvalue weighted by Crippen LogP contribution is 2.18. The van der Waals surface area contributed by atoms with Crippen molar-refractivity contribution in [3.8, 4) is 5.75 Å². The summed E-state index contributed by atoms with van der Waals surface area (Å²) in [6, 6.07) is 15.8. The second-order valence-corrected chi connectivity index (χ2v) is 4.64. The Bertz CT molecular complexity index is 520. The highest BCUT2D eigenvalue weighted by atomic mass is 127. The molecule has 2 aromatic carbocycles. The van der Waals surface area contributed by atoms with E-state index in [0.717, 1.165) is 17.0 Å². The molecule has 0 aliphatic carbocycles. The van der Waals surface area contributed by atoms with E-state index in [-0.39, 0.29) is 0 Å². The third-order valence-electron chi connectivity index (χ3n) is 2.33. The van der Waals surface area contributed by atoms with Crippen molar-refractivity contribution in [2.24, 2.45) is 4.99 Å². The molecule has 0 radical (unpaired) electrons. The van der Waals surface area contributed by atoms with Crippen molar-refractivity contribution in [1.29, 1.82) is 0 Å². The van der Waals surface area contributed by atoms with Gasteiger partial charge in [-0.05, 0) is 52.9 Å². The molecule has 3 heteroatoms. The maximum Gasteiger partial charge on any atom is 0.119 e. The van der Waals surface area contributed by atoms with Gasteiger partial charge in [0, 0.05) is 15.3 Å². The monoisotopic (exact) mass is 337 g/mol. The molecule has 2 rings (SSSR count). The largest absolute Gasteiger partial charge is 0.497 e. The lowest BCUT2D eigenvalue weighted by molar-refractivity contribution is 0.415. The van der Waals surface area contributed by atoms with Gasteiger partial charge >= 0.3 is 0 Å². The molecule has 0 bridgehead atoms. The van der Waals surface area contributed by atoms with Crippen LogP contribution in [0.1, 0.15) is 5.56 Å². The summed E-state index contributed by atoms with van der Waals surface area (Å²) in [6.45, 7) is 0. The van der Waals surface area contributed by atoms with Crippen LogP contribution in [-0.4, -0.2) is 13.3 Å². The van der Waals surface area contributed by atoms with E-state index in [9.17, 15) is 0 Å². The molecule has 0 amide bonds. The molecule has 0 aliphatic rings. The van der Waals surface area contributed by atoms with Gasteiger partial charge in [0.15, 0.2) is 0 Å². The Labute approximate surface area is 114 Å². The van der Waals surface area contributed by atoms with E-state index in [1.54, 1.807) is 7.11 Å². The highest BCUT2D eigenvalue weighted by Gasteiger charge is 1.94. The fourth-order valence-electron chi connectivity index (χ4n) is 1.39. The van der Waals surface area contributed by atoms with E-state index in [1.165, 1.54) is 3.57 Å². The maximum atomic E-state index is 5.10. The molecule has 2 nitrogen and oxygen atoms in total. The van der Waals surface area contributed by atoms with Gasteiger partial charge in [-0.2, -0.15) is 0 Å². The summed E-state index contributed by atoms with van der Waals surface area (Å²) in [6.07, 6.45) is 1.88. The molecule has 0 aromatic heterocycles. The number of rotatable bonds is 3. The van der Waals surface area contributed by atoms with E-state index < -0.39 is 0 Å². The zero-order valence-corrected chi connectivity index (χ0v) is 11.6. The van der Waals surface area contributed by atoms with Gasteiger partial charge in [0.25, 0.3) is 0 Å². The number of benzene rings is 2. The molecule has 0 unspecified atom stereocenters. The molecule has 0 saturated carbocycles. The molecule has 0 N–H and O–H groups in total. The second kappa shape index (κ2) is 5.82. The van der Waals surface area contributed by atoms with Gasteiger partial charge in [0.05, 0.1) is 12.8 Å². The predicted molar refractivity (Wildman–Crippen MR) is 79.4 cm³/mol. The van der Waals surface area contributed by atoms with Crippen LogP contribution in [0.4, 0.5) is 5.69 Å². The van der Waals surface area contributed by atoms with E-state index >= 15 is 0 Å². The van der Waals surface area contributed by atoms with Crippen molar-refractivity contribution in [3.63, 3.8) is 0 Å². The Kier molecular flexibility index (Phi) is 4.14. The molecule has 0 heterocycles. The molecular weight excluding hydrogens is 325 g/mol. The summed E-state index contributed by atoms with van der Waals surface area (Å²) < 4.78 is 6.29. The van der Waals surface area contributed by atoms with Crippen LogP contribution in [0.2, 0.25) is 0 Å². The quantitative estimate of drug-likeness (QED) is 0.612. The van der Waals surface area contributed by atoms with Gasteiger partial charge in [-0.15, -0.1) is 0 Å². The van der Waals surface area contributed by atoms with E-state index in [1.807, 2.05) is 42.6 Å². The highest BCUT2D eigenvalue weighted by molar-refractivity contribution is 14.1. The van der Waals surface area contributed by atoms with Gasteiger partial charge in [-0.3, -0.25) is 4.99 Å². The van der Waals surface area contributed by atoms with Gasteiger partial charge in [-0.25, -0.2) is 0 Å². The molecule has 2 aromatic rings. The Morgan fingerprint density at radius 2 is 1.76 bits per heavy atom. The van der Waals surface area contributed by atoms with Crippen molar-refractivity contribution in [1.82, 2.24) is 0 Å². The summed E-state index contributed by atoms with van der Waals surface area (Å²) in [5.74, 6) is 0.846. The first-order valence-corrected chi connectivity index (χ1v) is 6.30. The average Bonchev–Trinajstić information content (AvgIpc) is 2.38. The minimum absolute atomic E-state index is 0.846. The molecular formula is C14H12INO. The minimum Gasteiger partial charge on any atom is -0.497 e. The molecule has 0 fully saturated rings. The molecule has 0 atom stereocenters. The zero-order chi connectivity index (χ0) is 12.1. The number of hydrogen-bond acceptors (Lipinski definition) is 2. The fraction of sp³-hybridized carbons (Fsp3) is 0.0714. The number of aliphatic imine (C=N–C) groups is 1. The SMILES string of the molecule is COc1ccc(N=Cc2ccccc2I)cc1. The second-order valence-electron chi connectivity index (χ2n) is 3.48. The lowest BCUT2D eigenvalue weighted by atomic mass is 10.2. The number of halogens is 1. The summed E-state index contributed by atoms with van der Waals surface area (Å²) in [5, 5.41) is 0. The molecule has 17 heavy (non-hydrogen) atoms. The fourth-order valence-corrected chi connectivity index (χ4v) is 1.92. The van der Waals surface area contributed by atoms with Gasteiger partial charge in [0.1, 0.15) is 5.75 Å². The molecule has 86 valence electrons. The van der Waals surface area contributed by atoms with Gasteiger partial charge in [-0.1, -0.05) is 18.2 Å². The van der Waals surface area contributed by atoms with Crippen LogP contribution in [0.5, 0.6) is 5.75 Å². The lowest BCUT2D eigenvalue weighted by Gasteiger charge is -1.99. The van der Waals surface area contributed by atoms with Crippen LogP contribution in [0, 0.1) is 3.57 Å². The zero-order valence-electron chi connectivity index (χ0n) is 9.43. The number of methoxy groups -OCH3 is 1. The Balaban J connectivity index is 2.17. The molecule has 0 aliphatic heterocycles. The number of ether oxygens (including phenoxy) is 1. The summed E-state index contributed by atoms with van der Waals surface area (Å²) in [7, 11) is 1.66. The molecule has 0 spiro atoms. The lowest BCUT2D eigenvalue weighted by Crippen LogP contribution is -1.84. The van der Waals surface area contributed by atoms with Gasteiger partial charge in [0.2, 0.25) is 0 Å². The smallest absolute Gasteiger partial charge is 0.119 e. The first-order valence-electron chi connectivity index (χ1n) is 5.22. The Hall–Kier alpha value is -1.36. The Morgan fingerprint density at radius 1 is 1.06 bits per heavy atom. The van der Waals surface area contributed by atoms with Gasteiger partial charge < -0.3 is 4.74 Å².